The normalized spacial score (nSPS) is 16.4. The number of hydrogen-bond donors (Lipinski definition) is 0. The van der Waals surface area contributed by atoms with Gasteiger partial charge in [-0.3, -0.25) is 4.79 Å². The van der Waals surface area contributed by atoms with E-state index in [1.54, 1.807) is 18.2 Å². The van der Waals surface area contributed by atoms with Gasteiger partial charge in [0, 0.05) is 35.5 Å². The molecule has 0 saturated heterocycles. The van der Waals surface area contributed by atoms with Gasteiger partial charge in [-0.2, -0.15) is 4.80 Å². The van der Waals surface area contributed by atoms with Crippen molar-refractivity contribution in [1.82, 2.24) is 20.2 Å². The third-order valence-corrected chi connectivity index (χ3v) is 5.09. The summed E-state index contributed by atoms with van der Waals surface area (Å²) in [5.74, 6) is -0.0980. The number of halogens is 1. The van der Waals surface area contributed by atoms with Gasteiger partial charge in [0.1, 0.15) is 12.4 Å². The minimum Gasteiger partial charge on any atom is -0.347 e. The summed E-state index contributed by atoms with van der Waals surface area (Å²) in [4.78, 5) is 16.0. The fraction of sp³-hybridized carbons (Fsp3) is 0.238. The SMILES string of the molecule is CN1/C(=C\C(=O)Cn2nnc(-c3ccc(F)cc3)n2)C(C)(C)c2ccccc21. The average molecular weight is 377 g/mol. The van der Waals surface area contributed by atoms with Crippen LogP contribution < -0.4 is 4.90 Å². The number of nitrogens with zero attached hydrogens (tertiary/aromatic N) is 5. The van der Waals surface area contributed by atoms with Gasteiger partial charge >= 0.3 is 0 Å². The van der Waals surface area contributed by atoms with E-state index in [4.69, 9.17) is 0 Å². The summed E-state index contributed by atoms with van der Waals surface area (Å²) in [6, 6.07) is 14.0. The number of fused-ring (bicyclic) bond motifs is 1. The number of likely N-dealkylation sites (N-methyl/N-ethyl adjacent to an activating group) is 1. The van der Waals surface area contributed by atoms with Gasteiger partial charge in [0.15, 0.2) is 5.78 Å². The molecule has 1 aliphatic heterocycles. The molecule has 142 valence electrons. The van der Waals surface area contributed by atoms with Gasteiger partial charge in [-0.15, -0.1) is 10.2 Å². The van der Waals surface area contributed by atoms with Gasteiger partial charge in [-0.25, -0.2) is 4.39 Å². The first-order chi connectivity index (χ1) is 13.4. The molecule has 0 atom stereocenters. The molecule has 1 aromatic heterocycles. The van der Waals surface area contributed by atoms with Crippen molar-refractivity contribution in [3.63, 3.8) is 0 Å². The predicted octanol–water partition coefficient (Wildman–Crippen LogP) is 3.36. The number of carbonyl (C=O) groups excluding carboxylic acids is 1. The van der Waals surface area contributed by atoms with Crippen LogP contribution in [0.5, 0.6) is 0 Å². The Bertz CT molecular complexity index is 1070. The largest absolute Gasteiger partial charge is 0.347 e. The molecule has 4 rings (SSSR count). The minimum atomic E-state index is -0.331. The van der Waals surface area contributed by atoms with Crippen molar-refractivity contribution < 1.29 is 9.18 Å². The monoisotopic (exact) mass is 377 g/mol. The summed E-state index contributed by atoms with van der Waals surface area (Å²) in [5.41, 5.74) is 3.59. The Hall–Kier alpha value is -3.35. The highest BCUT2D eigenvalue weighted by Gasteiger charge is 2.38. The molecule has 0 N–H and O–H groups in total. The Morgan fingerprint density at radius 1 is 1.14 bits per heavy atom. The van der Waals surface area contributed by atoms with E-state index in [1.807, 2.05) is 24.1 Å². The zero-order valence-corrected chi connectivity index (χ0v) is 15.9. The van der Waals surface area contributed by atoms with Crippen molar-refractivity contribution in [2.45, 2.75) is 25.8 Å². The van der Waals surface area contributed by atoms with Gasteiger partial charge in [-0.05, 0) is 41.1 Å². The van der Waals surface area contributed by atoms with Crippen LogP contribution in [-0.4, -0.2) is 33.0 Å². The summed E-state index contributed by atoms with van der Waals surface area (Å²) in [5, 5.41) is 12.1. The lowest BCUT2D eigenvalue weighted by Crippen LogP contribution is -2.25. The Morgan fingerprint density at radius 2 is 1.86 bits per heavy atom. The van der Waals surface area contributed by atoms with E-state index in [0.717, 1.165) is 11.4 Å². The van der Waals surface area contributed by atoms with E-state index in [-0.39, 0.29) is 23.6 Å². The Balaban J connectivity index is 1.54. The number of aromatic nitrogens is 4. The maximum absolute atomic E-state index is 13.0. The molecule has 3 aromatic rings. The molecule has 0 unspecified atom stereocenters. The van der Waals surface area contributed by atoms with Crippen molar-refractivity contribution in [3.05, 3.63) is 71.7 Å². The molecule has 0 radical (unpaired) electrons. The average Bonchev–Trinajstić information content (AvgIpc) is 3.20. The molecule has 0 aliphatic carbocycles. The van der Waals surface area contributed by atoms with Crippen molar-refractivity contribution in [2.75, 3.05) is 11.9 Å². The smallest absolute Gasteiger partial charge is 0.204 e. The number of anilines is 1. The molecule has 2 aromatic carbocycles. The number of ketones is 1. The molecule has 0 bridgehead atoms. The molecule has 0 saturated carbocycles. The lowest BCUT2D eigenvalue weighted by molar-refractivity contribution is -0.115. The first-order valence-electron chi connectivity index (χ1n) is 8.98. The van der Waals surface area contributed by atoms with Crippen LogP contribution in [-0.2, 0) is 16.8 Å². The number of tetrazole rings is 1. The summed E-state index contributed by atoms with van der Waals surface area (Å²) >= 11 is 0. The second-order valence-corrected chi connectivity index (χ2v) is 7.35. The number of carbonyl (C=O) groups is 1. The van der Waals surface area contributed by atoms with Crippen LogP contribution in [0.15, 0.2) is 60.3 Å². The number of rotatable bonds is 4. The maximum Gasteiger partial charge on any atom is 0.204 e. The van der Waals surface area contributed by atoms with E-state index < -0.39 is 0 Å². The number of benzene rings is 2. The third-order valence-electron chi connectivity index (χ3n) is 5.09. The minimum absolute atomic E-state index is 0.0159. The number of hydrogen-bond acceptors (Lipinski definition) is 5. The summed E-state index contributed by atoms with van der Waals surface area (Å²) in [6.45, 7) is 4.20. The summed E-state index contributed by atoms with van der Waals surface area (Å²) < 4.78 is 13.0. The van der Waals surface area contributed by atoms with Crippen LogP contribution in [0.1, 0.15) is 19.4 Å². The van der Waals surface area contributed by atoms with Gasteiger partial charge < -0.3 is 4.90 Å². The number of allylic oxidation sites excluding steroid dienone is 2. The molecular formula is C21H20FN5O. The molecule has 28 heavy (non-hydrogen) atoms. The fourth-order valence-corrected chi connectivity index (χ4v) is 3.62. The molecule has 6 nitrogen and oxygen atoms in total. The molecule has 0 amide bonds. The van der Waals surface area contributed by atoms with E-state index in [2.05, 4.69) is 41.4 Å². The van der Waals surface area contributed by atoms with Crippen LogP contribution in [0.2, 0.25) is 0 Å². The van der Waals surface area contributed by atoms with Crippen LogP contribution >= 0.6 is 0 Å². The van der Waals surface area contributed by atoms with Gasteiger partial charge in [-0.1, -0.05) is 32.0 Å². The van der Waals surface area contributed by atoms with Gasteiger partial charge in [0.05, 0.1) is 0 Å². The highest BCUT2D eigenvalue weighted by molar-refractivity contribution is 5.92. The quantitative estimate of drug-likeness (QED) is 0.653. The Kier molecular flexibility index (Phi) is 4.30. The standard InChI is InChI=1S/C21H20FN5O/c1-21(2)17-6-4-5-7-18(17)26(3)19(21)12-16(28)13-27-24-20(23-25-27)14-8-10-15(22)11-9-14/h4-12H,13H2,1-3H3/b19-12-. The van der Waals surface area contributed by atoms with E-state index in [0.29, 0.717) is 11.4 Å². The summed E-state index contributed by atoms with van der Waals surface area (Å²) in [6.07, 6.45) is 1.65. The lowest BCUT2D eigenvalue weighted by Gasteiger charge is -2.23. The lowest BCUT2D eigenvalue weighted by atomic mass is 9.83. The van der Waals surface area contributed by atoms with E-state index >= 15 is 0 Å². The second-order valence-electron chi connectivity index (χ2n) is 7.35. The molecule has 0 fully saturated rings. The Morgan fingerprint density at radius 3 is 2.57 bits per heavy atom. The van der Waals surface area contributed by atoms with Crippen LogP contribution in [0.4, 0.5) is 10.1 Å². The van der Waals surface area contributed by atoms with E-state index in [9.17, 15) is 9.18 Å². The molecule has 2 heterocycles. The number of para-hydroxylation sites is 1. The first-order valence-corrected chi connectivity index (χ1v) is 8.98. The zero-order chi connectivity index (χ0) is 19.9. The van der Waals surface area contributed by atoms with Gasteiger partial charge in [0.25, 0.3) is 0 Å². The third kappa shape index (κ3) is 3.09. The molecule has 7 heteroatoms. The van der Waals surface area contributed by atoms with Gasteiger partial charge in [0.2, 0.25) is 5.82 Å². The maximum atomic E-state index is 13.0. The van der Waals surface area contributed by atoms with Crippen molar-refractivity contribution in [2.24, 2.45) is 0 Å². The predicted molar refractivity (Wildman–Crippen MR) is 104 cm³/mol. The summed E-state index contributed by atoms with van der Waals surface area (Å²) in [7, 11) is 1.97. The molecular weight excluding hydrogens is 357 g/mol. The topological polar surface area (TPSA) is 63.9 Å². The zero-order valence-electron chi connectivity index (χ0n) is 15.9. The van der Waals surface area contributed by atoms with Crippen LogP contribution in [0.3, 0.4) is 0 Å². The molecule has 0 spiro atoms. The van der Waals surface area contributed by atoms with Crippen LogP contribution in [0, 0.1) is 5.82 Å². The first kappa shape index (κ1) is 18.0. The highest BCUT2D eigenvalue weighted by atomic mass is 19.1. The van der Waals surface area contributed by atoms with Crippen molar-refractivity contribution >= 4 is 11.5 Å². The van der Waals surface area contributed by atoms with Crippen molar-refractivity contribution in [3.8, 4) is 11.4 Å². The van der Waals surface area contributed by atoms with Crippen LogP contribution in [0.25, 0.3) is 11.4 Å². The second kappa shape index (κ2) is 6.67. The van der Waals surface area contributed by atoms with E-state index in [1.165, 1.54) is 22.5 Å². The van der Waals surface area contributed by atoms with Crippen molar-refractivity contribution in [1.29, 1.82) is 0 Å². The Labute approximate surface area is 162 Å². The molecule has 1 aliphatic rings. The highest BCUT2D eigenvalue weighted by Crippen LogP contribution is 2.46. The fourth-order valence-electron chi connectivity index (χ4n) is 3.62.